The summed E-state index contributed by atoms with van der Waals surface area (Å²) in [5, 5.41) is 16.1. The van der Waals surface area contributed by atoms with Crippen molar-refractivity contribution in [2.24, 2.45) is 0 Å². The number of ether oxygens (including phenoxy) is 1. The highest BCUT2D eigenvalue weighted by atomic mass is 32.1. The largest absolute Gasteiger partial charge is 0.478 e. The highest BCUT2D eigenvalue weighted by Crippen LogP contribution is 2.36. The van der Waals surface area contributed by atoms with E-state index in [1.54, 1.807) is 19.1 Å². The van der Waals surface area contributed by atoms with Crippen molar-refractivity contribution in [3.63, 3.8) is 0 Å². The summed E-state index contributed by atoms with van der Waals surface area (Å²) in [6, 6.07) is 16.2. The fourth-order valence-corrected chi connectivity index (χ4v) is 4.07. The molecule has 8 heteroatoms. The first-order chi connectivity index (χ1) is 14.4. The van der Waals surface area contributed by atoms with E-state index in [4.69, 9.17) is 17.0 Å². The van der Waals surface area contributed by atoms with E-state index in [9.17, 15) is 14.7 Å². The van der Waals surface area contributed by atoms with Crippen LogP contribution in [0.5, 0.6) is 0 Å². The van der Waals surface area contributed by atoms with Crippen LogP contribution in [0, 0.1) is 6.92 Å². The van der Waals surface area contributed by atoms with E-state index in [0.717, 1.165) is 16.0 Å². The van der Waals surface area contributed by atoms with Gasteiger partial charge in [0.15, 0.2) is 5.11 Å². The standard InChI is InChI=1S/C22H20N2O4S2/c1-3-28-21(27)16-12-18(14-7-5-4-6-8-14)30-19(16)24-22(29)23-17-11-15(20(25)26)10-9-13(17)2/h4-12H,3H2,1-2H3,(H,25,26)(H2,23,24,29). The van der Waals surface area contributed by atoms with Gasteiger partial charge in [-0.1, -0.05) is 36.4 Å². The Labute approximate surface area is 183 Å². The van der Waals surface area contributed by atoms with Gasteiger partial charge in [-0.05, 0) is 55.4 Å². The number of aryl methyl sites for hydroxylation is 1. The number of hydrogen-bond acceptors (Lipinski definition) is 5. The zero-order valence-electron chi connectivity index (χ0n) is 16.4. The summed E-state index contributed by atoms with van der Waals surface area (Å²) in [5.41, 5.74) is 2.93. The van der Waals surface area contributed by atoms with Crippen LogP contribution < -0.4 is 10.6 Å². The molecule has 0 bridgehead atoms. The number of aromatic carboxylic acids is 1. The zero-order chi connectivity index (χ0) is 21.7. The Morgan fingerprint density at radius 2 is 1.83 bits per heavy atom. The maximum absolute atomic E-state index is 12.4. The minimum atomic E-state index is -1.02. The van der Waals surface area contributed by atoms with Crippen LogP contribution in [0.1, 0.15) is 33.2 Å². The summed E-state index contributed by atoms with van der Waals surface area (Å²) < 4.78 is 5.18. The van der Waals surface area contributed by atoms with Crippen molar-refractivity contribution in [2.45, 2.75) is 13.8 Å². The van der Waals surface area contributed by atoms with Gasteiger partial charge in [0.05, 0.1) is 17.7 Å². The number of esters is 1. The summed E-state index contributed by atoms with van der Waals surface area (Å²) in [7, 11) is 0. The third-order valence-electron chi connectivity index (χ3n) is 4.25. The summed E-state index contributed by atoms with van der Waals surface area (Å²) in [5.74, 6) is -1.46. The van der Waals surface area contributed by atoms with Crippen LogP contribution in [0.2, 0.25) is 0 Å². The van der Waals surface area contributed by atoms with Gasteiger partial charge >= 0.3 is 11.9 Å². The monoisotopic (exact) mass is 440 g/mol. The molecule has 30 heavy (non-hydrogen) atoms. The second-order valence-corrected chi connectivity index (χ2v) is 7.81. The van der Waals surface area contributed by atoms with E-state index < -0.39 is 11.9 Å². The van der Waals surface area contributed by atoms with Crippen molar-refractivity contribution in [2.75, 3.05) is 17.2 Å². The van der Waals surface area contributed by atoms with Gasteiger partial charge in [-0.15, -0.1) is 11.3 Å². The number of carboxylic acid groups (broad SMARTS) is 1. The number of anilines is 2. The van der Waals surface area contributed by atoms with Crippen molar-refractivity contribution in [1.29, 1.82) is 0 Å². The van der Waals surface area contributed by atoms with Gasteiger partial charge in [-0.2, -0.15) is 0 Å². The van der Waals surface area contributed by atoms with Crippen LogP contribution in [-0.4, -0.2) is 28.8 Å². The Morgan fingerprint density at radius 3 is 2.50 bits per heavy atom. The lowest BCUT2D eigenvalue weighted by molar-refractivity contribution is 0.0527. The number of carbonyl (C=O) groups excluding carboxylic acids is 1. The first kappa shape index (κ1) is 21.5. The van der Waals surface area contributed by atoms with Crippen molar-refractivity contribution in [3.05, 3.63) is 71.3 Å². The minimum absolute atomic E-state index is 0.153. The molecule has 0 amide bonds. The van der Waals surface area contributed by atoms with Crippen LogP contribution in [0.3, 0.4) is 0 Å². The van der Waals surface area contributed by atoms with Crippen LogP contribution in [0.15, 0.2) is 54.6 Å². The quantitative estimate of drug-likeness (QED) is 0.349. The Kier molecular flexibility index (Phi) is 6.81. The third kappa shape index (κ3) is 5.03. The maximum Gasteiger partial charge on any atom is 0.341 e. The number of hydrogen-bond donors (Lipinski definition) is 3. The molecule has 1 heterocycles. The summed E-state index contributed by atoms with van der Waals surface area (Å²) in [4.78, 5) is 24.6. The molecule has 0 aliphatic carbocycles. The van der Waals surface area contributed by atoms with Gasteiger partial charge in [-0.3, -0.25) is 0 Å². The van der Waals surface area contributed by atoms with E-state index in [1.807, 2.05) is 37.3 Å². The smallest absolute Gasteiger partial charge is 0.341 e. The van der Waals surface area contributed by atoms with Crippen molar-refractivity contribution >= 4 is 51.3 Å². The molecule has 0 saturated heterocycles. The lowest BCUT2D eigenvalue weighted by atomic mass is 10.1. The second-order valence-electron chi connectivity index (χ2n) is 6.35. The highest BCUT2D eigenvalue weighted by Gasteiger charge is 2.19. The van der Waals surface area contributed by atoms with E-state index in [-0.39, 0.29) is 17.3 Å². The van der Waals surface area contributed by atoms with Gasteiger partial charge in [0.1, 0.15) is 5.00 Å². The third-order valence-corrected chi connectivity index (χ3v) is 5.55. The predicted octanol–water partition coefficient (Wildman–Crippen LogP) is 5.41. The van der Waals surface area contributed by atoms with Crippen LogP contribution in [-0.2, 0) is 4.74 Å². The molecule has 2 aromatic carbocycles. The molecule has 0 unspecified atom stereocenters. The molecule has 0 fully saturated rings. The normalized spacial score (nSPS) is 10.3. The Balaban J connectivity index is 1.87. The number of benzene rings is 2. The van der Waals surface area contributed by atoms with Gasteiger partial charge in [0, 0.05) is 10.6 Å². The molecule has 0 saturated carbocycles. The number of rotatable bonds is 6. The number of carboxylic acids is 1. The lowest BCUT2D eigenvalue weighted by Gasteiger charge is -2.13. The van der Waals surface area contributed by atoms with E-state index >= 15 is 0 Å². The molecule has 3 N–H and O–H groups in total. The Morgan fingerprint density at radius 1 is 1.10 bits per heavy atom. The first-order valence-electron chi connectivity index (χ1n) is 9.17. The van der Waals surface area contributed by atoms with Gasteiger partial charge in [-0.25, -0.2) is 9.59 Å². The fourth-order valence-electron chi connectivity index (χ4n) is 2.74. The fraction of sp³-hybridized carbons (Fsp3) is 0.136. The predicted molar refractivity (Wildman–Crippen MR) is 124 cm³/mol. The lowest BCUT2D eigenvalue weighted by Crippen LogP contribution is -2.20. The molecule has 0 aliphatic rings. The summed E-state index contributed by atoms with van der Waals surface area (Å²) in [6.45, 7) is 3.86. The number of nitrogens with one attached hydrogen (secondary N) is 2. The summed E-state index contributed by atoms with van der Waals surface area (Å²) in [6.07, 6.45) is 0. The molecule has 3 aromatic rings. The molecule has 0 aliphatic heterocycles. The number of carbonyl (C=O) groups is 2. The first-order valence-corrected chi connectivity index (χ1v) is 10.4. The molecule has 6 nitrogen and oxygen atoms in total. The maximum atomic E-state index is 12.4. The average molecular weight is 441 g/mol. The van der Waals surface area contributed by atoms with Gasteiger partial charge in [0.2, 0.25) is 0 Å². The van der Waals surface area contributed by atoms with Gasteiger partial charge in [0.25, 0.3) is 0 Å². The Bertz CT molecular complexity index is 1090. The zero-order valence-corrected chi connectivity index (χ0v) is 18.0. The van der Waals surface area contributed by atoms with Crippen LogP contribution in [0.25, 0.3) is 10.4 Å². The minimum Gasteiger partial charge on any atom is -0.478 e. The SMILES string of the molecule is CCOC(=O)c1cc(-c2ccccc2)sc1NC(=S)Nc1cc(C(=O)O)ccc1C. The summed E-state index contributed by atoms with van der Waals surface area (Å²) >= 11 is 6.79. The van der Waals surface area contributed by atoms with E-state index in [2.05, 4.69) is 10.6 Å². The van der Waals surface area contributed by atoms with Gasteiger partial charge < -0.3 is 20.5 Å². The Hall–Kier alpha value is -3.23. The molecule has 1 aromatic heterocycles. The highest BCUT2D eigenvalue weighted by molar-refractivity contribution is 7.80. The number of thiophene rings is 1. The molecule has 0 radical (unpaired) electrons. The van der Waals surface area contributed by atoms with Crippen LogP contribution >= 0.6 is 23.6 Å². The molecular weight excluding hydrogens is 420 g/mol. The second kappa shape index (κ2) is 9.51. The average Bonchev–Trinajstić information content (AvgIpc) is 3.14. The van der Waals surface area contributed by atoms with E-state index in [0.29, 0.717) is 16.3 Å². The van der Waals surface area contributed by atoms with E-state index in [1.165, 1.54) is 23.5 Å². The van der Waals surface area contributed by atoms with Crippen molar-refractivity contribution < 1.29 is 19.4 Å². The molecule has 0 atom stereocenters. The van der Waals surface area contributed by atoms with Crippen molar-refractivity contribution in [1.82, 2.24) is 0 Å². The molecule has 3 rings (SSSR count). The topological polar surface area (TPSA) is 87.7 Å². The molecule has 154 valence electrons. The molecule has 0 spiro atoms. The van der Waals surface area contributed by atoms with Crippen LogP contribution in [0.4, 0.5) is 10.7 Å². The molecular formula is C22H20N2O4S2. The number of thiocarbonyl (C=S) groups is 1. The van der Waals surface area contributed by atoms with Crippen molar-refractivity contribution in [3.8, 4) is 10.4 Å².